The van der Waals surface area contributed by atoms with Crippen molar-refractivity contribution in [2.75, 3.05) is 12.3 Å². The van der Waals surface area contributed by atoms with E-state index >= 15 is 0 Å². The molecule has 2 heteroatoms. The Hall–Kier alpha value is -0.160. The van der Waals surface area contributed by atoms with Gasteiger partial charge in [-0.1, -0.05) is 10.6 Å². The second-order valence-electron chi connectivity index (χ2n) is 1.60. The van der Waals surface area contributed by atoms with Gasteiger partial charge in [-0.2, -0.15) is 0 Å². The maximum Gasteiger partial charge on any atom is 0.338 e. The Balaban J connectivity index is 3.11. The molecule has 0 fully saturated rings. The summed E-state index contributed by atoms with van der Waals surface area (Å²) >= 11 is 0. The number of rotatable bonds is 4. The van der Waals surface area contributed by atoms with Gasteiger partial charge in [0.1, 0.15) is 12.3 Å². The van der Waals surface area contributed by atoms with Crippen molar-refractivity contribution >= 4 is 7.80 Å². The van der Waals surface area contributed by atoms with Gasteiger partial charge in [0, 0.05) is 6.42 Å². The van der Waals surface area contributed by atoms with Crippen molar-refractivity contribution in [3.8, 4) is 0 Å². The SMILES string of the molecule is C=CCC[P+](=O)CC. The Morgan fingerprint density at radius 2 is 2.38 bits per heavy atom. The van der Waals surface area contributed by atoms with E-state index in [1.54, 1.807) is 0 Å². The summed E-state index contributed by atoms with van der Waals surface area (Å²) in [5, 5.41) is 0. The van der Waals surface area contributed by atoms with E-state index in [1.807, 2.05) is 13.0 Å². The molecule has 0 aliphatic carbocycles. The lowest BCUT2D eigenvalue weighted by Crippen LogP contribution is -1.75. The quantitative estimate of drug-likeness (QED) is 0.423. The zero-order valence-corrected chi connectivity index (χ0v) is 6.16. The normalized spacial score (nSPS) is 10.9. The van der Waals surface area contributed by atoms with Crippen molar-refractivity contribution in [1.82, 2.24) is 0 Å². The minimum atomic E-state index is -0.905. The molecule has 0 aromatic carbocycles. The minimum absolute atomic E-state index is 0.809. The van der Waals surface area contributed by atoms with Gasteiger partial charge in [-0.15, -0.1) is 6.58 Å². The zero-order chi connectivity index (χ0) is 6.41. The van der Waals surface area contributed by atoms with E-state index < -0.39 is 7.80 Å². The van der Waals surface area contributed by atoms with Crippen molar-refractivity contribution in [3.63, 3.8) is 0 Å². The molecular formula is C6H12OP+. The van der Waals surface area contributed by atoms with Crippen molar-refractivity contribution in [1.29, 1.82) is 0 Å². The summed E-state index contributed by atoms with van der Waals surface area (Å²) in [5.74, 6) is 0. The number of allylic oxidation sites excluding steroid dienone is 1. The molecule has 0 saturated heterocycles. The molecule has 0 aliphatic heterocycles. The molecule has 0 amide bonds. The van der Waals surface area contributed by atoms with E-state index in [9.17, 15) is 4.57 Å². The summed E-state index contributed by atoms with van der Waals surface area (Å²) in [6.45, 7) is 5.48. The molecule has 0 bridgehead atoms. The lowest BCUT2D eigenvalue weighted by molar-refractivity contribution is 0.588. The predicted molar refractivity (Wildman–Crippen MR) is 37.8 cm³/mol. The van der Waals surface area contributed by atoms with Crippen molar-refractivity contribution in [2.24, 2.45) is 0 Å². The number of hydrogen-bond donors (Lipinski definition) is 0. The average Bonchev–Trinajstić information content (AvgIpc) is 1.83. The second-order valence-corrected chi connectivity index (χ2v) is 3.64. The van der Waals surface area contributed by atoms with Crippen LogP contribution in [0.1, 0.15) is 13.3 Å². The summed E-state index contributed by atoms with van der Waals surface area (Å²) in [7, 11) is -0.905. The van der Waals surface area contributed by atoms with Crippen LogP contribution in [-0.2, 0) is 4.57 Å². The van der Waals surface area contributed by atoms with E-state index in [-0.39, 0.29) is 0 Å². The third kappa shape index (κ3) is 4.01. The number of hydrogen-bond acceptors (Lipinski definition) is 1. The molecule has 46 valence electrons. The van der Waals surface area contributed by atoms with Crippen molar-refractivity contribution in [3.05, 3.63) is 12.7 Å². The molecule has 1 unspecified atom stereocenters. The third-order valence-electron chi connectivity index (χ3n) is 0.935. The summed E-state index contributed by atoms with van der Waals surface area (Å²) in [5.41, 5.74) is 0. The Bertz CT molecular complexity index is 88.5. The third-order valence-corrected chi connectivity index (χ3v) is 2.40. The highest BCUT2D eigenvalue weighted by Crippen LogP contribution is 2.19. The van der Waals surface area contributed by atoms with Crippen molar-refractivity contribution in [2.45, 2.75) is 13.3 Å². The molecule has 0 heterocycles. The van der Waals surface area contributed by atoms with E-state index in [0.717, 1.165) is 18.7 Å². The summed E-state index contributed by atoms with van der Waals surface area (Å²) in [4.78, 5) is 0. The van der Waals surface area contributed by atoms with Gasteiger partial charge in [-0.25, -0.2) is 0 Å². The Kier molecular flexibility index (Phi) is 4.89. The van der Waals surface area contributed by atoms with E-state index in [0.29, 0.717) is 0 Å². The van der Waals surface area contributed by atoms with Gasteiger partial charge in [0.2, 0.25) is 0 Å². The molecule has 0 aromatic rings. The Morgan fingerprint density at radius 1 is 1.75 bits per heavy atom. The van der Waals surface area contributed by atoms with Gasteiger partial charge in [-0.3, -0.25) is 0 Å². The molecule has 0 saturated carbocycles. The van der Waals surface area contributed by atoms with Gasteiger partial charge in [0.05, 0.1) is 0 Å². The maximum atomic E-state index is 10.7. The first kappa shape index (κ1) is 7.84. The molecule has 0 aromatic heterocycles. The lowest BCUT2D eigenvalue weighted by Gasteiger charge is -1.76. The van der Waals surface area contributed by atoms with E-state index in [1.165, 1.54) is 0 Å². The van der Waals surface area contributed by atoms with Crippen LogP contribution in [0.15, 0.2) is 12.7 Å². The highest BCUT2D eigenvalue weighted by molar-refractivity contribution is 7.44. The molecule has 0 radical (unpaired) electrons. The van der Waals surface area contributed by atoms with Gasteiger partial charge in [-0.05, 0) is 6.92 Å². The van der Waals surface area contributed by atoms with Gasteiger partial charge >= 0.3 is 7.80 Å². The maximum absolute atomic E-state index is 10.7. The largest absolute Gasteiger partial charge is 0.338 e. The first-order valence-corrected chi connectivity index (χ1v) is 4.47. The first-order valence-electron chi connectivity index (χ1n) is 2.84. The van der Waals surface area contributed by atoms with Crippen LogP contribution in [0.3, 0.4) is 0 Å². The van der Waals surface area contributed by atoms with Crippen LogP contribution in [0.25, 0.3) is 0 Å². The summed E-state index contributed by atoms with van der Waals surface area (Å²) < 4.78 is 10.7. The first-order chi connectivity index (χ1) is 3.81. The van der Waals surface area contributed by atoms with Crippen LogP contribution < -0.4 is 0 Å². The Labute approximate surface area is 51.6 Å². The van der Waals surface area contributed by atoms with Crippen LogP contribution >= 0.6 is 7.80 Å². The average molecular weight is 131 g/mol. The Morgan fingerprint density at radius 3 is 2.75 bits per heavy atom. The fraction of sp³-hybridized carbons (Fsp3) is 0.667. The van der Waals surface area contributed by atoms with Crippen LogP contribution in [0.5, 0.6) is 0 Å². The monoisotopic (exact) mass is 131 g/mol. The smallest absolute Gasteiger partial charge is 0.103 e. The molecular weight excluding hydrogens is 119 g/mol. The summed E-state index contributed by atoms with van der Waals surface area (Å²) in [6, 6.07) is 0. The van der Waals surface area contributed by atoms with Crippen LogP contribution in [0.2, 0.25) is 0 Å². The van der Waals surface area contributed by atoms with Gasteiger partial charge in [0.25, 0.3) is 0 Å². The molecule has 1 atom stereocenters. The highest BCUT2D eigenvalue weighted by Gasteiger charge is 2.06. The molecule has 0 rings (SSSR count). The van der Waals surface area contributed by atoms with Crippen LogP contribution in [0, 0.1) is 0 Å². The van der Waals surface area contributed by atoms with Gasteiger partial charge < -0.3 is 0 Å². The highest BCUT2D eigenvalue weighted by atomic mass is 31.1. The lowest BCUT2D eigenvalue weighted by atomic mass is 10.5. The van der Waals surface area contributed by atoms with Crippen LogP contribution in [0.4, 0.5) is 0 Å². The molecule has 0 aliphatic rings. The summed E-state index contributed by atoms with van der Waals surface area (Å²) in [6.07, 6.45) is 4.32. The fourth-order valence-electron chi connectivity index (χ4n) is 0.393. The van der Waals surface area contributed by atoms with Crippen LogP contribution in [-0.4, -0.2) is 12.3 Å². The fourth-order valence-corrected chi connectivity index (χ4v) is 1.18. The van der Waals surface area contributed by atoms with E-state index in [2.05, 4.69) is 6.58 Å². The molecule has 1 nitrogen and oxygen atoms in total. The standard InChI is InChI=1S/C6H12OP/c1-3-5-6-8(7)4-2/h3H,1,4-6H2,2H3/q+1. The molecule has 8 heavy (non-hydrogen) atoms. The zero-order valence-electron chi connectivity index (χ0n) is 5.26. The predicted octanol–water partition coefficient (Wildman–Crippen LogP) is 2.41. The van der Waals surface area contributed by atoms with Crippen molar-refractivity contribution < 1.29 is 4.57 Å². The van der Waals surface area contributed by atoms with Gasteiger partial charge in [0.15, 0.2) is 0 Å². The molecule has 0 N–H and O–H groups in total. The van der Waals surface area contributed by atoms with E-state index in [4.69, 9.17) is 0 Å². The second kappa shape index (κ2) is 4.99. The minimum Gasteiger partial charge on any atom is -0.103 e. The topological polar surface area (TPSA) is 17.1 Å². The molecule has 0 spiro atoms.